The summed E-state index contributed by atoms with van der Waals surface area (Å²) < 4.78 is 20.4. The van der Waals surface area contributed by atoms with E-state index in [2.05, 4.69) is 13.8 Å². The first-order valence-corrected chi connectivity index (χ1v) is 13.5. The Bertz CT molecular complexity index is 288. The third-order valence-corrected chi connectivity index (χ3v) is 5.75. The van der Waals surface area contributed by atoms with E-state index in [4.69, 9.17) is 0 Å². The maximum absolute atomic E-state index is 10.2. The van der Waals surface area contributed by atoms with E-state index in [1.54, 1.807) is 0 Å². The monoisotopic (exact) mass is 464 g/mol. The summed E-state index contributed by atoms with van der Waals surface area (Å²) in [7, 11) is -4.26. The van der Waals surface area contributed by atoms with E-state index in [0.29, 0.717) is 12.3 Å². The van der Waals surface area contributed by atoms with Crippen molar-refractivity contribution >= 4 is 16.1 Å². The SMILES string of the molecule is CCCCCCCCCC[P+](=O)[O-].CCCCCCCCCC[P+](=O)[O-].[Fe+2]. The van der Waals surface area contributed by atoms with Crippen molar-refractivity contribution in [3.63, 3.8) is 0 Å². The number of rotatable bonds is 18. The second-order valence-electron chi connectivity index (χ2n) is 7.06. The molecule has 0 aromatic rings. The van der Waals surface area contributed by atoms with Gasteiger partial charge >= 0.3 is 33.1 Å². The summed E-state index contributed by atoms with van der Waals surface area (Å²) in [5, 5.41) is 0. The van der Waals surface area contributed by atoms with Gasteiger partial charge in [0, 0.05) is 0 Å². The van der Waals surface area contributed by atoms with Gasteiger partial charge in [-0.05, 0) is 25.7 Å². The van der Waals surface area contributed by atoms with Crippen LogP contribution in [-0.4, -0.2) is 12.3 Å². The summed E-state index contributed by atoms with van der Waals surface area (Å²) in [6.45, 7) is 4.43. The summed E-state index contributed by atoms with van der Waals surface area (Å²) in [5.41, 5.74) is 0. The van der Waals surface area contributed by atoms with Crippen LogP contribution in [-0.2, 0) is 26.2 Å². The Balaban J connectivity index is -0.000000411. The van der Waals surface area contributed by atoms with Crippen molar-refractivity contribution < 1.29 is 36.0 Å². The minimum absolute atomic E-state index is 0. The molecule has 0 aliphatic carbocycles. The van der Waals surface area contributed by atoms with Gasteiger partial charge in [0.15, 0.2) is 0 Å². The molecule has 0 spiro atoms. The standard InChI is InChI=1S/2C10H21O2P.Fe/c2*1-2-3-4-5-6-7-8-9-10-13(11)12;/h2*2-10H2,1H3;/q;;+2. The molecule has 0 aliphatic rings. The van der Waals surface area contributed by atoms with Crippen LogP contribution < -0.4 is 9.79 Å². The fourth-order valence-corrected chi connectivity index (χ4v) is 3.71. The maximum atomic E-state index is 10.2. The minimum atomic E-state index is -2.13. The van der Waals surface area contributed by atoms with E-state index in [9.17, 15) is 18.9 Å². The zero-order chi connectivity index (χ0) is 19.9. The van der Waals surface area contributed by atoms with Gasteiger partial charge in [0.25, 0.3) is 0 Å². The van der Waals surface area contributed by atoms with E-state index in [1.807, 2.05) is 0 Å². The van der Waals surface area contributed by atoms with E-state index < -0.39 is 16.1 Å². The van der Waals surface area contributed by atoms with Crippen LogP contribution in [0.1, 0.15) is 117 Å². The van der Waals surface area contributed by atoms with Crippen LogP contribution in [0.4, 0.5) is 0 Å². The molecule has 2 atom stereocenters. The van der Waals surface area contributed by atoms with E-state index >= 15 is 0 Å². The Morgan fingerprint density at radius 2 is 0.704 bits per heavy atom. The predicted molar refractivity (Wildman–Crippen MR) is 110 cm³/mol. The quantitative estimate of drug-likeness (QED) is 0.133. The zero-order valence-corrected chi connectivity index (χ0v) is 20.5. The van der Waals surface area contributed by atoms with Gasteiger partial charge in [0.2, 0.25) is 0 Å². The van der Waals surface area contributed by atoms with Gasteiger partial charge in [-0.25, -0.2) is 0 Å². The van der Waals surface area contributed by atoms with Crippen molar-refractivity contribution in [2.45, 2.75) is 117 Å². The molecule has 27 heavy (non-hydrogen) atoms. The van der Waals surface area contributed by atoms with Crippen molar-refractivity contribution in [1.29, 1.82) is 0 Å². The molecule has 4 nitrogen and oxygen atoms in total. The van der Waals surface area contributed by atoms with Crippen LogP contribution in [0.15, 0.2) is 0 Å². The fraction of sp³-hybridized carbons (Fsp3) is 1.00. The summed E-state index contributed by atoms with van der Waals surface area (Å²) in [6, 6.07) is 0. The molecule has 7 heteroatoms. The zero-order valence-electron chi connectivity index (χ0n) is 17.6. The molecule has 2 unspecified atom stereocenters. The molecule has 0 aliphatic heterocycles. The molecule has 0 amide bonds. The van der Waals surface area contributed by atoms with Crippen LogP contribution in [0.25, 0.3) is 0 Å². The average molecular weight is 464 g/mol. The molecule has 0 saturated heterocycles. The van der Waals surface area contributed by atoms with E-state index in [0.717, 1.165) is 25.7 Å². The van der Waals surface area contributed by atoms with Crippen molar-refractivity contribution in [2.75, 3.05) is 12.3 Å². The Morgan fingerprint density at radius 3 is 0.926 bits per heavy atom. The smallest absolute Gasteiger partial charge is 0.596 e. The Labute approximate surface area is 180 Å². The van der Waals surface area contributed by atoms with Crippen molar-refractivity contribution in [3.05, 3.63) is 0 Å². The van der Waals surface area contributed by atoms with Crippen LogP contribution in [0.2, 0.25) is 0 Å². The van der Waals surface area contributed by atoms with Crippen molar-refractivity contribution in [2.24, 2.45) is 0 Å². The summed E-state index contributed by atoms with van der Waals surface area (Å²) in [6.07, 6.45) is 20.1. The molecule has 162 valence electrons. The van der Waals surface area contributed by atoms with Gasteiger partial charge in [0.05, 0.1) is 0 Å². The van der Waals surface area contributed by atoms with Gasteiger partial charge in [-0.2, -0.15) is 0 Å². The molecular weight excluding hydrogens is 422 g/mol. The van der Waals surface area contributed by atoms with Gasteiger partial charge in [-0.3, -0.25) is 0 Å². The van der Waals surface area contributed by atoms with Crippen LogP contribution in [0.3, 0.4) is 0 Å². The first-order valence-electron chi connectivity index (χ1n) is 10.8. The largest absolute Gasteiger partial charge is 2.00 e. The molecule has 0 aromatic carbocycles. The molecule has 0 heterocycles. The van der Waals surface area contributed by atoms with Crippen molar-refractivity contribution in [3.8, 4) is 0 Å². The second-order valence-corrected chi connectivity index (χ2v) is 9.29. The van der Waals surface area contributed by atoms with Crippen LogP contribution in [0.5, 0.6) is 0 Å². The normalized spacial score (nSPS) is 11.3. The molecule has 0 bridgehead atoms. The van der Waals surface area contributed by atoms with E-state index in [-0.39, 0.29) is 17.1 Å². The number of hydrogen-bond acceptors (Lipinski definition) is 4. The minimum Gasteiger partial charge on any atom is -0.596 e. The van der Waals surface area contributed by atoms with Crippen LogP contribution >= 0.6 is 16.1 Å². The van der Waals surface area contributed by atoms with E-state index in [1.165, 1.54) is 77.0 Å². The van der Waals surface area contributed by atoms with Gasteiger partial charge < -0.3 is 9.79 Å². The number of unbranched alkanes of at least 4 members (excludes halogenated alkanes) is 14. The first kappa shape index (κ1) is 32.3. The third kappa shape index (κ3) is 38.0. The van der Waals surface area contributed by atoms with Crippen molar-refractivity contribution in [1.82, 2.24) is 0 Å². The van der Waals surface area contributed by atoms with Crippen LogP contribution in [0, 0.1) is 0 Å². The number of hydrogen-bond donors (Lipinski definition) is 0. The Hall–Kier alpha value is 0.639. The molecule has 0 rings (SSSR count). The molecule has 0 radical (unpaired) electrons. The fourth-order valence-electron chi connectivity index (χ4n) is 2.75. The Morgan fingerprint density at radius 1 is 0.481 bits per heavy atom. The van der Waals surface area contributed by atoms with Gasteiger partial charge in [-0.15, -0.1) is 0 Å². The first-order chi connectivity index (χ1) is 12.5. The average Bonchev–Trinajstić information content (AvgIpc) is 2.60. The van der Waals surface area contributed by atoms with Gasteiger partial charge in [-0.1, -0.05) is 100 Å². The summed E-state index contributed by atoms with van der Waals surface area (Å²) >= 11 is 0. The molecule has 0 fully saturated rings. The summed E-state index contributed by atoms with van der Waals surface area (Å²) in [4.78, 5) is 20.4. The molecule has 0 saturated carbocycles. The molecule has 0 N–H and O–H groups in total. The second kappa shape index (κ2) is 28.8. The Kier molecular flexibility index (Phi) is 34.5. The summed E-state index contributed by atoms with van der Waals surface area (Å²) in [5.74, 6) is 0. The molecule has 0 aromatic heterocycles. The topological polar surface area (TPSA) is 80.3 Å². The third-order valence-electron chi connectivity index (χ3n) is 4.39. The van der Waals surface area contributed by atoms with Gasteiger partial charge in [0.1, 0.15) is 12.3 Å². The predicted octanol–water partition coefficient (Wildman–Crippen LogP) is 6.46. The maximum Gasteiger partial charge on any atom is 2.00 e. The molecular formula is C20H42FeO4P2+2.